The maximum Gasteiger partial charge on any atom is 0.229 e. The zero-order valence-corrected chi connectivity index (χ0v) is 16.3. The van der Waals surface area contributed by atoms with Crippen molar-refractivity contribution in [1.82, 2.24) is 20.1 Å². The van der Waals surface area contributed by atoms with E-state index in [9.17, 15) is 8.42 Å². The van der Waals surface area contributed by atoms with Gasteiger partial charge in [0.2, 0.25) is 5.89 Å². The molecule has 1 saturated heterocycles. The van der Waals surface area contributed by atoms with Crippen LogP contribution in [0.4, 0.5) is 5.82 Å². The maximum absolute atomic E-state index is 12.0. The Balaban J connectivity index is 1.80. The third-order valence-corrected chi connectivity index (χ3v) is 5.90. The molecule has 1 fully saturated rings. The van der Waals surface area contributed by atoms with E-state index >= 15 is 0 Å². The Morgan fingerprint density at radius 1 is 1.26 bits per heavy atom. The molecule has 0 amide bonds. The molecule has 27 heavy (non-hydrogen) atoms. The molecular weight excluding hydrogens is 366 g/mol. The Labute approximate surface area is 157 Å². The summed E-state index contributed by atoms with van der Waals surface area (Å²) >= 11 is 0. The Morgan fingerprint density at radius 3 is 2.78 bits per heavy atom. The van der Waals surface area contributed by atoms with E-state index in [1.54, 1.807) is 18.2 Å². The highest BCUT2D eigenvalue weighted by Gasteiger charge is 2.32. The zero-order chi connectivity index (χ0) is 19.2. The molecule has 3 heterocycles. The van der Waals surface area contributed by atoms with Crippen molar-refractivity contribution >= 4 is 26.6 Å². The summed E-state index contributed by atoms with van der Waals surface area (Å²) in [6.45, 7) is 4.80. The van der Waals surface area contributed by atoms with Crippen molar-refractivity contribution in [2.24, 2.45) is 0 Å². The second-order valence-corrected chi connectivity index (χ2v) is 9.16. The van der Waals surface area contributed by atoms with Gasteiger partial charge in [0.05, 0.1) is 16.5 Å². The van der Waals surface area contributed by atoms with Gasteiger partial charge in [-0.1, -0.05) is 19.0 Å². The third kappa shape index (κ3) is 3.27. The minimum atomic E-state index is -3.32. The molecule has 3 aromatic rings. The molecule has 1 aliphatic heterocycles. The van der Waals surface area contributed by atoms with Crippen LogP contribution in [0.15, 0.2) is 33.9 Å². The average molecular weight is 387 g/mol. The van der Waals surface area contributed by atoms with Crippen molar-refractivity contribution in [3.05, 3.63) is 36.2 Å². The summed E-state index contributed by atoms with van der Waals surface area (Å²) in [6, 6.07) is 4.88. The fraction of sp³-hybridized carbons (Fsp3) is 0.444. The molecule has 0 saturated carbocycles. The van der Waals surface area contributed by atoms with Crippen LogP contribution < -0.4 is 4.90 Å². The smallest absolute Gasteiger partial charge is 0.229 e. The van der Waals surface area contributed by atoms with Crippen LogP contribution in [-0.4, -0.2) is 41.3 Å². The first-order valence-electron chi connectivity index (χ1n) is 8.89. The lowest BCUT2D eigenvalue weighted by Gasteiger charge is -2.24. The van der Waals surface area contributed by atoms with Gasteiger partial charge in [0.15, 0.2) is 15.7 Å². The van der Waals surface area contributed by atoms with Crippen molar-refractivity contribution in [2.75, 3.05) is 17.7 Å². The van der Waals surface area contributed by atoms with E-state index in [0.717, 1.165) is 19.4 Å². The Morgan fingerprint density at radius 2 is 2.07 bits per heavy atom. The molecule has 142 valence electrons. The second-order valence-electron chi connectivity index (χ2n) is 7.15. The molecule has 1 atom stereocenters. The van der Waals surface area contributed by atoms with Crippen LogP contribution in [-0.2, 0) is 9.84 Å². The van der Waals surface area contributed by atoms with Crippen LogP contribution in [0, 0.1) is 0 Å². The molecule has 4 rings (SSSR count). The maximum atomic E-state index is 12.0. The quantitative estimate of drug-likeness (QED) is 0.673. The summed E-state index contributed by atoms with van der Waals surface area (Å²) in [6.07, 6.45) is 4.55. The van der Waals surface area contributed by atoms with E-state index in [1.807, 2.05) is 13.8 Å². The number of nitrogens with zero attached hydrogens (tertiary/aromatic N) is 5. The van der Waals surface area contributed by atoms with Gasteiger partial charge >= 0.3 is 0 Å². The van der Waals surface area contributed by atoms with Crippen LogP contribution in [0.3, 0.4) is 0 Å². The van der Waals surface area contributed by atoms with E-state index < -0.39 is 9.84 Å². The van der Waals surface area contributed by atoms with Gasteiger partial charge in [0.25, 0.3) is 0 Å². The number of aromatic nitrogens is 4. The molecule has 0 bridgehead atoms. The molecule has 0 N–H and O–H groups in total. The molecule has 0 spiro atoms. The molecule has 0 radical (unpaired) electrons. The second kappa shape index (κ2) is 6.56. The topological polar surface area (TPSA) is 102 Å². The fourth-order valence-corrected chi connectivity index (χ4v) is 4.03. The first kappa shape index (κ1) is 17.8. The number of benzene rings is 1. The number of hydrogen-bond donors (Lipinski definition) is 0. The highest BCUT2D eigenvalue weighted by Crippen LogP contribution is 2.37. The van der Waals surface area contributed by atoms with Crippen LogP contribution in [0.25, 0.3) is 10.9 Å². The Kier molecular flexibility index (Phi) is 4.33. The molecule has 1 unspecified atom stereocenters. The number of anilines is 1. The van der Waals surface area contributed by atoms with E-state index in [2.05, 4.69) is 25.0 Å². The van der Waals surface area contributed by atoms with E-state index in [-0.39, 0.29) is 16.9 Å². The summed E-state index contributed by atoms with van der Waals surface area (Å²) < 4.78 is 29.3. The van der Waals surface area contributed by atoms with Crippen LogP contribution in [0.1, 0.15) is 50.4 Å². The predicted octanol–water partition coefficient (Wildman–Crippen LogP) is 2.88. The molecule has 8 nitrogen and oxygen atoms in total. The van der Waals surface area contributed by atoms with Gasteiger partial charge in [-0.05, 0) is 31.0 Å². The lowest BCUT2D eigenvalue weighted by molar-refractivity contribution is 0.358. The zero-order valence-electron chi connectivity index (χ0n) is 15.5. The van der Waals surface area contributed by atoms with Gasteiger partial charge in [-0.15, -0.1) is 0 Å². The van der Waals surface area contributed by atoms with Gasteiger partial charge in [-0.25, -0.2) is 18.4 Å². The summed E-state index contributed by atoms with van der Waals surface area (Å²) in [5, 5.41) is 4.87. The van der Waals surface area contributed by atoms with Crippen molar-refractivity contribution in [3.63, 3.8) is 0 Å². The highest BCUT2D eigenvalue weighted by atomic mass is 32.2. The predicted molar refractivity (Wildman–Crippen MR) is 100 cm³/mol. The van der Waals surface area contributed by atoms with Crippen LogP contribution in [0.5, 0.6) is 0 Å². The van der Waals surface area contributed by atoms with Crippen molar-refractivity contribution in [2.45, 2.75) is 43.5 Å². The van der Waals surface area contributed by atoms with Gasteiger partial charge in [0.1, 0.15) is 12.1 Å². The standard InChI is InChI=1S/C18H21N5O3S/c1-11(2)18-21-16(22-26-18)15-5-4-8-23(15)17-13-9-12(27(3,24)25)6-7-14(13)19-10-20-17/h6-7,9-11,15H,4-5,8H2,1-3H3. The summed E-state index contributed by atoms with van der Waals surface area (Å²) in [5.74, 6) is 2.12. The van der Waals surface area contributed by atoms with Gasteiger partial charge in [0, 0.05) is 24.1 Å². The van der Waals surface area contributed by atoms with Gasteiger partial charge in [-0.2, -0.15) is 4.98 Å². The van der Waals surface area contributed by atoms with Gasteiger partial charge < -0.3 is 9.42 Å². The number of hydrogen-bond acceptors (Lipinski definition) is 8. The molecule has 2 aromatic heterocycles. The van der Waals surface area contributed by atoms with Gasteiger partial charge in [-0.3, -0.25) is 0 Å². The van der Waals surface area contributed by atoms with Crippen molar-refractivity contribution in [1.29, 1.82) is 0 Å². The first-order valence-corrected chi connectivity index (χ1v) is 10.8. The number of rotatable bonds is 4. The SMILES string of the molecule is CC(C)c1nc(C2CCCN2c2ncnc3ccc(S(C)(=O)=O)cc23)no1. The van der Waals surface area contributed by atoms with Crippen molar-refractivity contribution in [3.8, 4) is 0 Å². The average Bonchev–Trinajstić information content (AvgIpc) is 3.29. The van der Waals surface area contributed by atoms with Crippen molar-refractivity contribution < 1.29 is 12.9 Å². The largest absolute Gasteiger partial charge is 0.346 e. The Bertz CT molecular complexity index is 1090. The van der Waals surface area contributed by atoms with E-state index in [4.69, 9.17) is 4.52 Å². The number of fused-ring (bicyclic) bond motifs is 1. The van der Waals surface area contributed by atoms with Crippen LogP contribution >= 0.6 is 0 Å². The first-order chi connectivity index (χ1) is 12.8. The minimum absolute atomic E-state index is 0.0544. The normalized spacial score (nSPS) is 17.9. The van der Waals surface area contributed by atoms with E-state index in [1.165, 1.54) is 12.6 Å². The lowest BCUT2D eigenvalue weighted by atomic mass is 10.2. The summed E-state index contributed by atoms with van der Waals surface area (Å²) in [5.41, 5.74) is 0.703. The fourth-order valence-electron chi connectivity index (χ4n) is 3.39. The summed E-state index contributed by atoms with van der Waals surface area (Å²) in [4.78, 5) is 15.7. The lowest BCUT2D eigenvalue weighted by Crippen LogP contribution is -2.25. The monoisotopic (exact) mass is 387 g/mol. The highest BCUT2D eigenvalue weighted by molar-refractivity contribution is 7.90. The molecule has 1 aliphatic rings. The molecule has 0 aliphatic carbocycles. The number of sulfone groups is 1. The van der Waals surface area contributed by atoms with E-state index in [0.29, 0.717) is 28.4 Å². The molecule has 9 heteroatoms. The minimum Gasteiger partial charge on any atom is -0.346 e. The van der Waals surface area contributed by atoms with Crippen LogP contribution in [0.2, 0.25) is 0 Å². The summed E-state index contributed by atoms with van der Waals surface area (Å²) in [7, 11) is -3.32. The Hall–Kier alpha value is -2.55. The third-order valence-electron chi connectivity index (χ3n) is 4.79. The molecular formula is C18H21N5O3S. The molecule has 1 aromatic carbocycles.